The number of ether oxygens (including phenoxy) is 1. The first-order valence-corrected chi connectivity index (χ1v) is 6.85. The molecule has 1 saturated heterocycles. The van der Waals surface area contributed by atoms with Crippen LogP contribution in [0.25, 0.3) is 6.08 Å². The van der Waals surface area contributed by atoms with E-state index in [-0.39, 0.29) is 18.4 Å². The Morgan fingerprint density at radius 2 is 1.95 bits per heavy atom. The van der Waals surface area contributed by atoms with Crippen LogP contribution in [0, 0.1) is 11.8 Å². The number of methoxy groups -OCH3 is 1. The molecule has 1 aliphatic rings. The number of amides is 1. The molecular formula is C16H19NO4. The first kappa shape index (κ1) is 15.1. The molecule has 1 heterocycles. The molecule has 1 amide bonds. The van der Waals surface area contributed by atoms with Gasteiger partial charge in [0.25, 0.3) is 0 Å². The van der Waals surface area contributed by atoms with E-state index < -0.39 is 11.9 Å². The fraction of sp³-hybridized carbons (Fsp3) is 0.375. The fourth-order valence-electron chi connectivity index (χ4n) is 2.46. The van der Waals surface area contributed by atoms with Crippen LogP contribution in [-0.4, -0.2) is 42.1 Å². The van der Waals surface area contributed by atoms with Gasteiger partial charge in [-0.2, -0.15) is 0 Å². The van der Waals surface area contributed by atoms with Crippen LogP contribution in [0.1, 0.15) is 12.5 Å². The average molecular weight is 289 g/mol. The normalized spacial score (nSPS) is 21.7. The van der Waals surface area contributed by atoms with Crippen LogP contribution < -0.4 is 4.74 Å². The number of aliphatic carboxylic acids is 1. The number of carbonyl (C=O) groups is 2. The Labute approximate surface area is 123 Å². The highest BCUT2D eigenvalue weighted by atomic mass is 16.5. The molecule has 1 N–H and O–H groups in total. The summed E-state index contributed by atoms with van der Waals surface area (Å²) < 4.78 is 5.07. The van der Waals surface area contributed by atoms with Crippen molar-refractivity contribution in [2.45, 2.75) is 6.92 Å². The molecule has 1 fully saturated rings. The van der Waals surface area contributed by atoms with E-state index in [0.29, 0.717) is 6.54 Å². The zero-order valence-corrected chi connectivity index (χ0v) is 12.2. The molecule has 1 aromatic rings. The van der Waals surface area contributed by atoms with E-state index in [1.165, 1.54) is 6.08 Å². The highest BCUT2D eigenvalue weighted by Gasteiger charge is 2.36. The SMILES string of the molecule is COc1ccc(/C=C/C(=O)N2C[C@@H](C)[C@H](C(=O)O)C2)cc1. The number of hydrogen-bond donors (Lipinski definition) is 1. The Balaban J connectivity index is 1.98. The van der Waals surface area contributed by atoms with Crippen molar-refractivity contribution in [2.24, 2.45) is 11.8 Å². The maximum absolute atomic E-state index is 12.1. The third kappa shape index (κ3) is 3.62. The van der Waals surface area contributed by atoms with Gasteiger partial charge in [0.05, 0.1) is 13.0 Å². The highest BCUT2D eigenvalue weighted by molar-refractivity contribution is 5.92. The molecule has 0 aliphatic carbocycles. The van der Waals surface area contributed by atoms with Crippen molar-refractivity contribution in [3.63, 3.8) is 0 Å². The molecule has 2 rings (SSSR count). The largest absolute Gasteiger partial charge is 0.497 e. The number of carboxylic acid groups (broad SMARTS) is 1. The van der Waals surface area contributed by atoms with Gasteiger partial charge in [-0.25, -0.2) is 0 Å². The summed E-state index contributed by atoms with van der Waals surface area (Å²) in [5, 5.41) is 9.07. The van der Waals surface area contributed by atoms with Crippen molar-refractivity contribution in [2.75, 3.05) is 20.2 Å². The van der Waals surface area contributed by atoms with Crippen molar-refractivity contribution in [3.8, 4) is 5.75 Å². The Morgan fingerprint density at radius 3 is 2.48 bits per heavy atom. The van der Waals surface area contributed by atoms with Crippen LogP contribution in [0.2, 0.25) is 0 Å². The molecule has 0 radical (unpaired) electrons. The minimum Gasteiger partial charge on any atom is -0.497 e. The first-order valence-electron chi connectivity index (χ1n) is 6.85. The molecule has 0 aromatic heterocycles. The number of rotatable bonds is 4. The molecule has 0 unspecified atom stereocenters. The Morgan fingerprint density at radius 1 is 1.29 bits per heavy atom. The van der Waals surface area contributed by atoms with Gasteiger partial charge in [0, 0.05) is 19.2 Å². The van der Waals surface area contributed by atoms with Gasteiger partial charge < -0.3 is 14.7 Å². The second-order valence-electron chi connectivity index (χ2n) is 5.27. The maximum Gasteiger partial charge on any atom is 0.308 e. The van der Waals surface area contributed by atoms with E-state index in [9.17, 15) is 9.59 Å². The summed E-state index contributed by atoms with van der Waals surface area (Å²) in [5.74, 6) is -0.710. The van der Waals surface area contributed by atoms with Gasteiger partial charge in [0.1, 0.15) is 5.75 Å². The highest BCUT2D eigenvalue weighted by Crippen LogP contribution is 2.23. The van der Waals surface area contributed by atoms with Crippen LogP contribution in [-0.2, 0) is 9.59 Å². The molecule has 5 heteroatoms. The van der Waals surface area contributed by atoms with E-state index >= 15 is 0 Å². The lowest BCUT2D eigenvalue weighted by atomic mass is 9.99. The lowest BCUT2D eigenvalue weighted by Gasteiger charge is -2.12. The number of likely N-dealkylation sites (tertiary alicyclic amines) is 1. The number of hydrogen-bond acceptors (Lipinski definition) is 3. The van der Waals surface area contributed by atoms with E-state index in [1.54, 1.807) is 18.1 Å². The number of carboxylic acids is 1. The van der Waals surface area contributed by atoms with E-state index in [1.807, 2.05) is 31.2 Å². The van der Waals surface area contributed by atoms with Gasteiger partial charge in [-0.1, -0.05) is 19.1 Å². The van der Waals surface area contributed by atoms with Gasteiger partial charge in [0.2, 0.25) is 5.91 Å². The van der Waals surface area contributed by atoms with Crippen LogP contribution in [0.5, 0.6) is 5.75 Å². The smallest absolute Gasteiger partial charge is 0.308 e. The van der Waals surface area contributed by atoms with Crippen molar-refractivity contribution in [1.82, 2.24) is 4.90 Å². The van der Waals surface area contributed by atoms with Crippen molar-refractivity contribution < 1.29 is 19.4 Å². The van der Waals surface area contributed by atoms with Gasteiger partial charge in [-0.05, 0) is 29.7 Å². The minimum absolute atomic E-state index is 0.0131. The third-order valence-corrected chi connectivity index (χ3v) is 3.78. The van der Waals surface area contributed by atoms with Crippen molar-refractivity contribution in [3.05, 3.63) is 35.9 Å². The molecule has 2 atom stereocenters. The molecule has 1 aromatic carbocycles. The summed E-state index contributed by atoms with van der Waals surface area (Å²) in [4.78, 5) is 24.7. The molecule has 112 valence electrons. The Hall–Kier alpha value is -2.30. The maximum atomic E-state index is 12.1. The zero-order valence-electron chi connectivity index (χ0n) is 12.2. The Bertz CT molecular complexity index is 550. The fourth-order valence-corrected chi connectivity index (χ4v) is 2.46. The van der Waals surface area contributed by atoms with Crippen LogP contribution in [0.4, 0.5) is 0 Å². The second-order valence-corrected chi connectivity index (χ2v) is 5.27. The molecule has 0 spiro atoms. The van der Waals surface area contributed by atoms with Crippen molar-refractivity contribution in [1.29, 1.82) is 0 Å². The van der Waals surface area contributed by atoms with E-state index in [0.717, 1.165) is 11.3 Å². The summed E-state index contributed by atoms with van der Waals surface area (Å²) in [5.41, 5.74) is 0.895. The minimum atomic E-state index is -0.836. The lowest BCUT2D eigenvalue weighted by Crippen LogP contribution is -2.28. The quantitative estimate of drug-likeness (QED) is 0.860. The van der Waals surface area contributed by atoms with Crippen LogP contribution in [0.3, 0.4) is 0 Å². The van der Waals surface area contributed by atoms with E-state index in [4.69, 9.17) is 9.84 Å². The molecule has 0 saturated carbocycles. The van der Waals surface area contributed by atoms with Gasteiger partial charge in [-0.15, -0.1) is 0 Å². The molecule has 1 aliphatic heterocycles. The van der Waals surface area contributed by atoms with Crippen molar-refractivity contribution >= 4 is 18.0 Å². The molecular weight excluding hydrogens is 270 g/mol. The number of benzene rings is 1. The van der Waals surface area contributed by atoms with Gasteiger partial charge in [-0.3, -0.25) is 9.59 Å². The summed E-state index contributed by atoms with van der Waals surface area (Å²) in [6.45, 7) is 2.63. The zero-order chi connectivity index (χ0) is 15.4. The summed E-state index contributed by atoms with van der Waals surface area (Å²) in [7, 11) is 1.60. The first-order chi connectivity index (χ1) is 10.0. The summed E-state index contributed by atoms with van der Waals surface area (Å²) in [6.07, 6.45) is 3.21. The summed E-state index contributed by atoms with van der Waals surface area (Å²) >= 11 is 0. The molecule has 21 heavy (non-hydrogen) atoms. The predicted octanol–water partition coefficient (Wildman–Crippen LogP) is 1.89. The predicted molar refractivity (Wildman–Crippen MR) is 78.9 cm³/mol. The third-order valence-electron chi connectivity index (χ3n) is 3.78. The lowest BCUT2D eigenvalue weighted by molar-refractivity contribution is -0.142. The van der Waals surface area contributed by atoms with Gasteiger partial charge >= 0.3 is 5.97 Å². The van der Waals surface area contributed by atoms with Crippen LogP contribution >= 0.6 is 0 Å². The van der Waals surface area contributed by atoms with Crippen LogP contribution in [0.15, 0.2) is 30.3 Å². The second kappa shape index (κ2) is 6.43. The van der Waals surface area contributed by atoms with E-state index in [2.05, 4.69) is 0 Å². The topological polar surface area (TPSA) is 66.8 Å². The Kier molecular flexibility index (Phi) is 4.62. The summed E-state index contributed by atoms with van der Waals surface area (Å²) in [6, 6.07) is 7.36. The average Bonchev–Trinajstić information content (AvgIpc) is 2.87. The number of nitrogens with zero attached hydrogens (tertiary/aromatic N) is 1. The standard InChI is InChI=1S/C16H19NO4/c1-11-9-17(10-14(11)16(19)20)15(18)8-5-12-3-6-13(21-2)7-4-12/h3-8,11,14H,9-10H2,1-2H3,(H,19,20)/b8-5+/t11-,14-/m1/s1. The molecule has 5 nitrogen and oxygen atoms in total. The number of carbonyl (C=O) groups excluding carboxylic acids is 1. The van der Waals surface area contributed by atoms with Gasteiger partial charge in [0.15, 0.2) is 0 Å². The monoisotopic (exact) mass is 289 g/mol. The molecule has 0 bridgehead atoms.